The normalized spacial score (nSPS) is 22.8. The highest BCUT2D eigenvalue weighted by Gasteiger charge is 2.25. The van der Waals surface area contributed by atoms with E-state index in [1.807, 2.05) is 38.1 Å². The standard InChI is InChI=1S/C16H24N2O3/c1-4-20-15-8-6-5-7-14(15)17-16(19)10-18-9-13(3)21-11-12(18)2/h5-8,12-13H,4,9-11H2,1-3H3,(H,17,19). The number of morpholine rings is 1. The van der Waals surface area contributed by atoms with Gasteiger partial charge < -0.3 is 14.8 Å². The van der Waals surface area contributed by atoms with E-state index >= 15 is 0 Å². The van der Waals surface area contributed by atoms with Gasteiger partial charge >= 0.3 is 0 Å². The fourth-order valence-corrected chi connectivity index (χ4v) is 2.42. The average Bonchev–Trinajstić information content (AvgIpc) is 2.45. The third-order valence-corrected chi connectivity index (χ3v) is 3.54. The Hall–Kier alpha value is -1.59. The molecule has 2 rings (SSSR count). The van der Waals surface area contributed by atoms with Gasteiger partial charge in [-0.3, -0.25) is 9.69 Å². The van der Waals surface area contributed by atoms with Crippen LogP contribution in [0.15, 0.2) is 24.3 Å². The van der Waals surface area contributed by atoms with E-state index in [1.165, 1.54) is 0 Å². The van der Waals surface area contributed by atoms with E-state index in [1.54, 1.807) is 0 Å². The van der Waals surface area contributed by atoms with Crippen LogP contribution in [0.5, 0.6) is 5.75 Å². The summed E-state index contributed by atoms with van der Waals surface area (Å²) in [5.74, 6) is 0.680. The monoisotopic (exact) mass is 292 g/mol. The lowest BCUT2D eigenvalue weighted by Crippen LogP contribution is -2.50. The zero-order valence-corrected chi connectivity index (χ0v) is 13.0. The van der Waals surface area contributed by atoms with Crippen LogP contribution in [0.3, 0.4) is 0 Å². The second-order valence-corrected chi connectivity index (χ2v) is 5.40. The molecule has 1 aromatic rings. The summed E-state index contributed by atoms with van der Waals surface area (Å²) in [4.78, 5) is 14.4. The van der Waals surface area contributed by atoms with Gasteiger partial charge in [-0.05, 0) is 32.9 Å². The molecule has 1 N–H and O–H groups in total. The molecule has 1 aliphatic heterocycles. The van der Waals surface area contributed by atoms with Crippen molar-refractivity contribution in [2.24, 2.45) is 0 Å². The largest absolute Gasteiger partial charge is 0.492 e. The first-order valence-corrected chi connectivity index (χ1v) is 7.47. The summed E-state index contributed by atoms with van der Waals surface area (Å²) in [6.45, 7) is 8.43. The number of ether oxygens (including phenoxy) is 2. The van der Waals surface area contributed by atoms with Crippen molar-refractivity contribution in [1.29, 1.82) is 0 Å². The number of nitrogens with zero attached hydrogens (tertiary/aromatic N) is 1. The van der Waals surface area contributed by atoms with Gasteiger partial charge in [0.05, 0.1) is 31.5 Å². The highest BCUT2D eigenvalue weighted by atomic mass is 16.5. The quantitative estimate of drug-likeness (QED) is 0.903. The molecule has 1 saturated heterocycles. The highest BCUT2D eigenvalue weighted by Crippen LogP contribution is 2.23. The lowest BCUT2D eigenvalue weighted by molar-refractivity contribution is -0.121. The number of carbonyl (C=O) groups excluding carboxylic acids is 1. The van der Waals surface area contributed by atoms with Crippen molar-refractivity contribution < 1.29 is 14.3 Å². The van der Waals surface area contributed by atoms with Gasteiger partial charge in [0.15, 0.2) is 0 Å². The molecule has 1 fully saturated rings. The van der Waals surface area contributed by atoms with Crippen molar-refractivity contribution in [3.63, 3.8) is 0 Å². The Balaban J connectivity index is 1.95. The van der Waals surface area contributed by atoms with Crippen LogP contribution in [0, 0.1) is 0 Å². The maximum Gasteiger partial charge on any atom is 0.238 e. The summed E-state index contributed by atoms with van der Waals surface area (Å²) >= 11 is 0. The third kappa shape index (κ3) is 4.44. The smallest absolute Gasteiger partial charge is 0.238 e. The van der Waals surface area contributed by atoms with Crippen LogP contribution in [0.2, 0.25) is 0 Å². The number of rotatable bonds is 5. The van der Waals surface area contributed by atoms with Gasteiger partial charge in [-0.25, -0.2) is 0 Å². The Bertz CT molecular complexity index is 478. The maximum atomic E-state index is 12.2. The molecular formula is C16H24N2O3. The molecule has 0 aliphatic carbocycles. The molecule has 1 heterocycles. The zero-order valence-electron chi connectivity index (χ0n) is 13.0. The molecule has 0 saturated carbocycles. The van der Waals surface area contributed by atoms with Crippen LogP contribution in [0.1, 0.15) is 20.8 Å². The van der Waals surface area contributed by atoms with E-state index in [9.17, 15) is 4.79 Å². The summed E-state index contributed by atoms with van der Waals surface area (Å²) < 4.78 is 11.1. The first kappa shape index (κ1) is 15.8. The summed E-state index contributed by atoms with van der Waals surface area (Å²) in [6.07, 6.45) is 0.171. The lowest BCUT2D eigenvalue weighted by atomic mass is 10.2. The molecule has 5 nitrogen and oxygen atoms in total. The fraction of sp³-hybridized carbons (Fsp3) is 0.562. The molecule has 2 atom stereocenters. The number of carbonyl (C=O) groups is 1. The molecule has 116 valence electrons. The highest BCUT2D eigenvalue weighted by molar-refractivity contribution is 5.93. The number of hydrogen-bond donors (Lipinski definition) is 1. The Morgan fingerprint density at radius 1 is 1.43 bits per heavy atom. The molecule has 1 amide bonds. The van der Waals surface area contributed by atoms with Crippen LogP contribution >= 0.6 is 0 Å². The zero-order chi connectivity index (χ0) is 15.2. The molecule has 1 aliphatic rings. The van der Waals surface area contributed by atoms with E-state index in [0.717, 1.165) is 12.2 Å². The van der Waals surface area contributed by atoms with Gasteiger partial charge in [-0.15, -0.1) is 0 Å². The Morgan fingerprint density at radius 2 is 2.19 bits per heavy atom. The van der Waals surface area contributed by atoms with Crippen LogP contribution in [-0.4, -0.2) is 49.3 Å². The third-order valence-electron chi connectivity index (χ3n) is 3.54. The molecule has 5 heteroatoms. The van der Waals surface area contributed by atoms with Crippen molar-refractivity contribution in [1.82, 2.24) is 4.90 Å². The second kappa shape index (κ2) is 7.43. The van der Waals surface area contributed by atoms with Crippen molar-refractivity contribution in [3.05, 3.63) is 24.3 Å². The predicted molar refractivity (Wildman–Crippen MR) is 82.7 cm³/mol. The van der Waals surface area contributed by atoms with Crippen molar-refractivity contribution in [2.45, 2.75) is 32.9 Å². The first-order valence-electron chi connectivity index (χ1n) is 7.47. The van der Waals surface area contributed by atoms with Crippen LogP contribution in [0.4, 0.5) is 5.69 Å². The van der Waals surface area contributed by atoms with E-state index in [-0.39, 0.29) is 18.1 Å². The molecule has 21 heavy (non-hydrogen) atoms. The molecule has 2 unspecified atom stereocenters. The number of amides is 1. The van der Waals surface area contributed by atoms with E-state index in [4.69, 9.17) is 9.47 Å². The molecule has 0 spiro atoms. The summed E-state index contributed by atoms with van der Waals surface area (Å²) in [6, 6.07) is 7.76. The number of benzene rings is 1. The van der Waals surface area contributed by atoms with Crippen LogP contribution < -0.4 is 10.1 Å². The first-order chi connectivity index (χ1) is 10.1. The Kier molecular flexibility index (Phi) is 5.59. The maximum absolute atomic E-state index is 12.2. The summed E-state index contributed by atoms with van der Waals surface area (Å²) in [5, 5.41) is 2.93. The summed E-state index contributed by atoms with van der Waals surface area (Å²) in [7, 11) is 0. The number of para-hydroxylation sites is 2. The Morgan fingerprint density at radius 3 is 2.95 bits per heavy atom. The van der Waals surface area contributed by atoms with Gasteiger partial charge in [0, 0.05) is 12.6 Å². The number of hydrogen-bond acceptors (Lipinski definition) is 4. The van der Waals surface area contributed by atoms with Gasteiger partial charge in [0.1, 0.15) is 5.75 Å². The molecular weight excluding hydrogens is 268 g/mol. The fourth-order valence-electron chi connectivity index (χ4n) is 2.42. The van der Waals surface area contributed by atoms with E-state index in [2.05, 4.69) is 17.1 Å². The summed E-state index contributed by atoms with van der Waals surface area (Å²) in [5.41, 5.74) is 0.721. The van der Waals surface area contributed by atoms with Crippen LogP contribution in [-0.2, 0) is 9.53 Å². The van der Waals surface area contributed by atoms with Crippen molar-refractivity contribution >= 4 is 11.6 Å². The Labute approximate surface area is 126 Å². The van der Waals surface area contributed by atoms with E-state index in [0.29, 0.717) is 25.5 Å². The molecule has 0 radical (unpaired) electrons. The molecule has 0 aromatic heterocycles. The number of anilines is 1. The van der Waals surface area contributed by atoms with Crippen molar-refractivity contribution in [2.75, 3.05) is 31.6 Å². The van der Waals surface area contributed by atoms with Crippen molar-refractivity contribution in [3.8, 4) is 5.75 Å². The molecule has 0 bridgehead atoms. The van der Waals surface area contributed by atoms with Gasteiger partial charge in [-0.2, -0.15) is 0 Å². The number of nitrogens with one attached hydrogen (secondary N) is 1. The second-order valence-electron chi connectivity index (χ2n) is 5.40. The lowest BCUT2D eigenvalue weighted by Gasteiger charge is -2.36. The molecule has 1 aromatic carbocycles. The topological polar surface area (TPSA) is 50.8 Å². The minimum atomic E-state index is -0.0249. The van der Waals surface area contributed by atoms with Gasteiger partial charge in [0.25, 0.3) is 0 Å². The van der Waals surface area contributed by atoms with Crippen LogP contribution in [0.25, 0.3) is 0 Å². The minimum Gasteiger partial charge on any atom is -0.492 e. The van der Waals surface area contributed by atoms with Gasteiger partial charge in [-0.1, -0.05) is 12.1 Å². The SMILES string of the molecule is CCOc1ccccc1NC(=O)CN1CC(C)OCC1C. The minimum absolute atomic E-state index is 0.0249. The van der Waals surface area contributed by atoms with E-state index < -0.39 is 0 Å². The predicted octanol–water partition coefficient (Wildman–Crippen LogP) is 2.13. The van der Waals surface area contributed by atoms with Gasteiger partial charge in [0.2, 0.25) is 5.91 Å². The average molecular weight is 292 g/mol.